The van der Waals surface area contributed by atoms with Gasteiger partial charge in [-0.1, -0.05) is 19.3 Å². The number of primary sulfonamides is 2. The van der Waals surface area contributed by atoms with Gasteiger partial charge in [0.05, 0.1) is 9.79 Å². The van der Waals surface area contributed by atoms with Gasteiger partial charge in [-0.3, -0.25) is 0 Å². The molecule has 0 radical (unpaired) electrons. The van der Waals surface area contributed by atoms with Gasteiger partial charge < -0.3 is 10.6 Å². The van der Waals surface area contributed by atoms with Crippen molar-refractivity contribution in [3.63, 3.8) is 0 Å². The minimum Gasteiger partial charge on any atom is -0.335 e. The summed E-state index contributed by atoms with van der Waals surface area (Å²) in [4.78, 5) is 11.1. The Bertz CT molecular complexity index is 780. The number of carbonyl (C=O) groups excluding carboxylic acids is 1. The van der Waals surface area contributed by atoms with E-state index in [2.05, 4.69) is 10.6 Å². The zero-order chi connectivity index (χ0) is 18.0. The van der Waals surface area contributed by atoms with Crippen molar-refractivity contribution in [2.75, 3.05) is 5.32 Å². The van der Waals surface area contributed by atoms with Crippen molar-refractivity contribution >= 4 is 31.8 Å². The Morgan fingerprint density at radius 2 is 1.42 bits per heavy atom. The third kappa shape index (κ3) is 5.16. The quantitative estimate of drug-likeness (QED) is 0.598. The van der Waals surface area contributed by atoms with Crippen molar-refractivity contribution in [2.45, 2.75) is 47.9 Å². The van der Waals surface area contributed by atoms with Gasteiger partial charge in [0.2, 0.25) is 20.0 Å². The van der Waals surface area contributed by atoms with Crippen LogP contribution in [0.1, 0.15) is 32.1 Å². The highest BCUT2D eigenvalue weighted by Gasteiger charge is 2.19. The Balaban J connectivity index is 2.23. The Labute approximate surface area is 140 Å². The number of anilines is 1. The SMILES string of the molecule is NS(=O)(=O)c1cc(NC(=O)NC2CCCCC2)cc(S(N)(=O)=O)c1. The molecule has 24 heavy (non-hydrogen) atoms. The summed E-state index contributed by atoms with van der Waals surface area (Å²) in [5.74, 6) is 0. The third-order valence-corrected chi connectivity index (χ3v) is 5.52. The van der Waals surface area contributed by atoms with Gasteiger partial charge in [0.1, 0.15) is 0 Å². The standard InChI is InChI=1S/C13H20N4O5S2/c14-23(19,20)11-6-10(7-12(8-11)24(15,21)22)17-13(18)16-9-4-2-1-3-5-9/h6-9H,1-5H2,(H2,14,19,20)(H2,15,21,22)(H2,16,17,18). The number of sulfonamides is 2. The lowest BCUT2D eigenvalue weighted by molar-refractivity contribution is 0.244. The van der Waals surface area contributed by atoms with E-state index in [0.29, 0.717) is 0 Å². The predicted octanol–water partition coefficient (Wildman–Crippen LogP) is 0.436. The van der Waals surface area contributed by atoms with Crippen molar-refractivity contribution < 1.29 is 21.6 Å². The molecule has 1 aliphatic rings. The molecular weight excluding hydrogens is 356 g/mol. The van der Waals surface area contributed by atoms with Crippen molar-refractivity contribution in [1.29, 1.82) is 0 Å². The van der Waals surface area contributed by atoms with E-state index in [1.807, 2.05) is 0 Å². The van der Waals surface area contributed by atoms with E-state index < -0.39 is 35.9 Å². The molecule has 2 rings (SSSR count). The fraction of sp³-hybridized carbons (Fsp3) is 0.462. The molecule has 0 spiro atoms. The van der Waals surface area contributed by atoms with Crippen molar-refractivity contribution in [3.05, 3.63) is 18.2 Å². The van der Waals surface area contributed by atoms with Crippen LogP contribution < -0.4 is 20.9 Å². The van der Waals surface area contributed by atoms with E-state index in [1.165, 1.54) is 0 Å². The highest BCUT2D eigenvalue weighted by atomic mass is 32.2. The van der Waals surface area contributed by atoms with Crippen LogP contribution in [0.4, 0.5) is 10.5 Å². The van der Waals surface area contributed by atoms with Crippen LogP contribution in [0.3, 0.4) is 0 Å². The predicted molar refractivity (Wildman–Crippen MR) is 88.2 cm³/mol. The van der Waals surface area contributed by atoms with E-state index in [9.17, 15) is 21.6 Å². The van der Waals surface area contributed by atoms with E-state index in [0.717, 1.165) is 50.3 Å². The van der Waals surface area contributed by atoms with Crippen LogP contribution in [0, 0.1) is 0 Å². The minimum atomic E-state index is -4.16. The zero-order valence-electron chi connectivity index (χ0n) is 12.9. The molecule has 0 bridgehead atoms. The first-order valence-corrected chi connectivity index (χ1v) is 10.4. The van der Waals surface area contributed by atoms with E-state index in [1.54, 1.807) is 0 Å². The number of hydrogen-bond donors (Lipinski definition) is 4. The molecule has 1 saturated carbocycles. The number of carbonyl (C=O) groups is 1. The number of hydrogen-bond acceptors (Lipinski definition) is 5. The number of nitrogens with one attached hydrogen (secondary N) is 2. The zero-order valence-corrected chi connectivity index (χ0v) is 14.5. The Morgan fingerprint density at radius 3 is 1.88 bits per heavy atom. The normalized spacial score (nSPS) is 16.6. The first-order chi connectivity index (χ1) is 11.1. The fourth-order valence-corrected chi connectivity index (χ4v) is 3.81. The van der Waals surface area contributed by atoms with Gasteiger partial charge in [-0.15, -0.1) is 0 Å². The number of nitrogens with two attached hydrogens (primary N) is 2. The first-order valence-electron chi connectivity index (χ1n) is 7.34. The second-order valence-corrected chi connectivity index (χ2v) is 8.84. The molecule has 9 nitrogen and oxygen atoms in total. The molecular formula is C13H20N4O5S2. The van der Waals surface area contributed by atoms with Gasteiger partial charge in [-0.05, 0) is 31.0 Å². The maximum Gasteiger partial charge on any atom is 0.319 e. The van der Waals surface area contributed by atoms with Gasteiger partial charge in [0, 0.05) is 11.7 Å². The molecule has 1 fully saturated rings. The highest BCUT2D eigenvalue weighted by molar-refractivity contribution is 7.90. The van der Waals surface area contributed by atoms with Crippen molar-refractivity contribution in [2.24, 2.45) is 10.3 Å². The van der Waals surface area contributed by atoms with Crippen LogP contribution in [-0.2, 0) is 20.0 Å². The highest BCUT2D eigenvalue weighted by Crippen LogP contribution is 2.21. The van der Waals surface area contributed by atoms with Gasteiger partial charge in [-0.25, -0.2) is 31.9 Å². The smallest absolute Gasteiger partial charge is 0.319 e. The van der Waals surface area contributed by atoms with E-state index >= 15 is 0 Å². The average Bonchev–Trinajstić information content (AvgIpc) is 2.46. The van der Waals surface area contributed by atoms with Crippen LogP contribution >= 0.6 is 0 Å². The molecule has 6 N–H and O–H groups in total. The summed E-state index contributed by atoms with van der Waals surface area (Å²) in [7, 11) is -8.33. The number of urea groups is 1. The first kappa shape index (κ1) is 18.6. The molecule has 2 amide bonds. The largest absolute Gasteiger partial charge is 0.335 e. The summed E-state index contributed by atoms with van der Waals surface area (Å²) < 4.78 is 45.9. The molecule has 0 aliphatic heterocycles. The maximum absolute atomic E-state index is 12.0. The molecule has 0 unspecified atom stereocenters. The van der Waals surface area contributed by atoms with Crippen LogP contribution in [0.15, 0.2) is 28.0 Å². The van der Waals surface area contributed by atoms with Crippen LogP contribution in [0.5, 0.6) is 0 Å². The lowest BCUT2D eigenvalue weighted by Gasteiger charge is -2.23. The molecule has 1 aromatic carbocycles. The lowest BCUT2D eigenvalue weighted by atomic mass is 9.96. The average molecular weight is 376 g/mol. The summed E-state index contributed by atoms with van der Waals surface area (Å²) in [5, 5.41) is 15.2. The van der Waals surface area contributed by atoms with Crippen LogP contribution in [0.2, 0.25) is 0 Å². The van der Waals surface area contributed by atoms with Gasteiger partial charge in [0.15, 0.2) is 0 Å². The Hall–Kier alpha value is -1.69. The summed E-state index contributed by atoms with van der Waals surface area (Å²) in [5.41, 5.74) is -0.0288. The summed E-state index contributed by atoms with van der Waals surface area (Å²) in [6, 6.07) is 2.48. The van der Waals surface area contributed by atoms with Crippen LogP contribution in [-0.4, -0.2) is 28.9 Å². The van der Waals surface area contributed by atoms with E-state index in [4.69, 9.17) is 10.3 Å². The second-order valence-electron chi connectivity index (χ2n) is 5.72. The third-order valence-electron chi connectivity index (χ3n) is 3.74. The van der Waals surface area contributed by atoms with E-state index in [-0.39, 0.29) is 11.7 Å². The molecule has 0 saturated heterocycles. The summed E-state index contributed by atoms with van der Waals surface area (Å²) in [6.07, 6.45) is 4.93. The monoisotopic (exact) mass is 376 g/mol. The summed E-state index contributed by atoms with van der Waals surface area (Å²) >= 11 is 0. The summed E-state index contributed by atoms with van der Waals surface area (Å²) in [6.45, 7) is 0. The van der Waals surface area contributed by atoms with Crippen molar-refractivity contribution in [3.8, 4) is 0 Å². The lowest BCUT2D eigenvalue weighted by Crippen LogP contribution is -2.39. The molecule has 0 aromatic heterocycles. The Morgan fingerprint density at radius 1 is 0.917 bits per heavy atom. The van der Waals surface area contributed by atoms with Crippen molar-refractivity contribution in [1.82, 2.24) is 5.32 Å². The minimum absolute atomic E-state index is 0.0288. The van der Waals surface area contributed by atoms with Gasteiger partial charge in [0.25, 0.3) is 0 Å². The fourth-order valence-electron chi connectivity index (χ4n) is 2.57. The number of rotatable bonds is 4. The Kier molecular flexibility index (Phi) is 5.48. The molecule has 0 heterocycles. The second kappa shape index (κ2) is 7.05. The topological polar surface area (TPSA) is 161 Å². The van der Waals surface area contributed by atoms with Gasteiger partial charge in [-0.2, -0.15) is 0 Å². The molecule has 11 heteroatoms. The maximum atomic E-state index is 12.0. The molecule has 1 aromatic rings. The number of amides is 2. The van der Waals surface area contributed by atoms with Gasteiger partial charge >= 0.3 is 6.03 Å². The number of benzene rings is 1. The molecule has 0 atom stereocenters. The molecule has 1 aliphatic carbocycles. The molecule has 134 valence electrons. The van der Waals surface area contributed by atoms with Crippen LogP contribution in [0.25, 0.3) is 0 Å².